The van der Waals surface area contributed by atoms with Crippen LogP contribution in [0.2, 0.25) is 45.3 Å². The van der Waals surface area contributed by atoms with Crippen molar-refractivity contribution in [3.63, 3.8) is 0 Å². The quantitative estimate of drug-likeness (QED) is 0.209. The second-order valence-corrected chi connectivity index (χ2v) is 23.7. The number of unbranched alkanes of at least 4 members (excludes halogenated alkanes) is 1. The van der Waals surface area contributed by atoms with E-state index in [2.05, 4.69) is 59.0 Å². The third kappa shape index (κ3) is 10.1. The maximum atomic E-state index is 11.0. The number of carboxylic acid groups (broad SMARTS) is 1. The third-order valence-electron chi connectivity index (χ3n) is 4.21. The summed E-state index contributed by atoms with van der Waals surface area (Å²) in [5.74, 6) is -0.896. The molecule has 0 saturated carbocycles. The van der Waals surface area contributed by atoms with E-state index in [-0.39, 0.29) is 0 Å². The standard InChI is InChI=1S/C19H38O5Si4/c1-11-25(5,6)22-28(23-26(7,8)12-2,24-27(9,10)13-3)17-15-14-16-18(4)19(20)21/h11-13,16H,1-3,14-15,17H2,4-10H3,(H,20,21). The predicted octanol–water partition coefficient (Wildman–Crippen LogP) is 5.58. The van der Waals surface area contributed by atoms with Crippen molar-refractivity contribution in [2.24, 2.45) is 0 Å². The number of carbonyl (C=O) groups is 1. The second-order valence-electron chi connectivity index (χ2n) is 8.50. The molecule has 0 radical (unpaired) electrons. The second kappa shape index (κ2) is 10.8. The molecule has 5 nitrogen and oxygen atoms in total. The van der Waals surface area contributed by atoms with E-state index in [0.29, 0.717) is 18.0 Å². The highest BCUT2D eigenvalue weighted by molar-refractivity contribution is 6.93. The van der Waals surface area contributed by atoms with E-state index in [0.717, 1.165) is 6.42 Å². The van der Waals surface area contributed by atoms with E-state index in [1.165, 1.54) is 0 Å². The fraction of sp³-hybridized carbons (Fsp3) is 0.526. The number of allylic oxidation sites excluding steroid dienone is 1. The average molecular weight is 459 g/mol. The smallest absolute Gasteiger partial charge is 0.470 e. The fourth-order valence-corrected chi connectivity index (χ4v) is 16.4. The lowest BCUT2D eigenvalue weighted by Crippen LogP contribution is -2.61. The van der Waals surface area contributed by atoms with E-state index in [1.807, 2.05) is 17.1 Å². The van der Waals surface area contributed by atoms with Crippen LogP contribution >= 0.6 is 0 Å². The molecule has 0 aliphatic heterocycles. The summed E-state index contributed by atoms with van der Waals surface area (Å²) in [5.41, 5.74) is 6.01. The molecule has 0 spiro atoms. The van der Waals surface area contributed by atoms with Crippen LogP contribution in [0, 0.1) is 0 Å². The van der Waals surface area contributed by atoms with Gasteiger partial charge in [0.25, 0.3) is 0 Å². The summed E-state index contributed by atoms with van der Waals surface area (Å²) in [6, 6.07) is 0.620. The van der Waals surface area contributed by atoms with Crippen molar-refractivity contribution in [3.05, 3.63) is 48.5 Å². The molecular formula is C19H38O5Si4. The molecule has 0 aliphatic carbocycles. The van der Waals surface area contributed by atoms with Gasteiger partial charge in [-0.3, -0.25) is 0 Å². The Morgan fingerprint density at radius 3 is 1.50 bits per heavy atom. The van der Waals surface area contributed by atoms with E-state index in [1.54, 1.807) is 13.0 Å². The molecule has 0 heterocycles. The number of rotatable bonds is 14. The lowest BCUT2D eigenvalue weighted by molar-refractivity contribution is -0.132. The van der Waals surface area contributed by atoms with Gasteiger partial charge in [-0.15, -0.1) is 19.7 Å². The summed E-state index contributed by atoms with van der Waals surface area (Å²) in [6.07, 6.45) is 3.09. The first-order valence-electron chi connectivity index (χ1n) is 9.54. The summed E-state index contributed by atoms with van der Waals surface area (Å²) in [4.78, 5) is 11.0. The largest absolute Gasteiger partial charge is 0.478 e. The van der Waals surface area contributed by atoms with Crippen LogP contribution in [0.3, 0.4) is 0 Å². The van der Waals surface area contributed by atoms with Crippen LogP contribution in [0.1, 0.15) is 19.8 Å². The zero-order valence-corrected chi connectivity index (χ0v) is 22.6. The van der Waals surface area contributed by atoms with Crippen LogP contribution in [-0.4, -0.2) is 44.8 Å². The van der Waals surface area contributed by atoms with Gasteiger partial charge in [0.05, 0.1) is 0 Å². The molecule has 0 unspecified atom stereocenters. The Morgan fingerprint density at radius 1 is 0.857 bits per heavy atom. The lowest BCUT2D eigenvalue weighted by atomic mass is 10.2. The van der Waals surface area contributed by atoms with Crippen molar-refractivity contribution in [1.29, 1.82) is 0 Å². The highest BCUT2D eigenvalue weighted by atomic mass is 28.5. The minimum Gasteiger partial charge on any atom is -0.478 e. The molecule has 0 bridgehead atoms. The lowest BCUT2D eigenvalue weighted by Gasteiger charge is -2.43. The van der Waals surface area contributed by atoms with Crippen LogP contribution < -0.4 is 0 Å². The molecule has 0 rings (SSSR count). The van der Waals surface area contributed by atoms with Crippen molar-refractivity contribution in [3.8, 4) is 0 Å². The van der Waals surface area contributed by atoms with Crippen LogP contribution in [0.15, 0.2) is 48.5 Å². The Bertz CT molecular complexity index is 556. The molecule has 0 aromatic rings. The maximum Gasteiger partial charge on any atom is 0.470 e. The molecule has 0 fully saturated rings. The van der Waals surface area contributed by atoms with Gasteiger partial charge in [0.15, 0.2) is 0 Å². The Morgan fingerprint density at radius 2 is 1.21 bits per heavy atom. The first kappa shape index (κ1) is 27.2. The molecule has 0 aromatic heterocycles. The molecule has 0 atom stereocenters. The molecular weight excluding hydrogens is 421 g/mol. The first-order chi connectivity index (χ1) is 12.6. The molecule has 0 saturated heterocycles. The van der Waals surface area contributed by atoms with Gasteiger partial charge < -0.3 is 17.5 Å². The van der Waals surface area contributed by atoms with Crippen LogP contribution in [0.4, 0.5) is 0 Å². The fourth-order valence-electron chi connectivity index (χ4n) is 2.27. The summed E-state index contributed by atoms with van der Waals surface area (Å²) in [6.45, 7) is 25.9. The molecule has 0 aliphatic rings. The van der Waals surface area contributed by atoms with E-state index in [4.69, 9.17) is 17.5 Å². The summed E-state index contributed by atoms with van der Waals surface area (Å²) in [7, 11) is -9.66. The summed E-state index contributed by atoms with van der Waals surface area (Å²) in [5, 5.41) is 9.05. The van der Waals surface area contributed by atoms with Crippen LogP contribution in [0.25, 0.3) is 0 Å². The molecule has 1 N–H and O–H groups in total. The Balaban J connectivity index is 5.89. The van der Waals surface area contributed by atoms with Gasteiger partial charge in [-0.2, -0.15) is 0 Å². The Hall–Kier alpha value is -0.822. The van der Waals surface area contributed by atoms with Gasteiger partial charge in [0, 0.05) is 11.6 Å². The van der Waals surface area contributed by atoms with Gasteiger partial charge in [0.1, 0.15) is 0 Å². The molecule has 0 aromatic carbocycles. The number of carboxylic acids is 1. The van der Waals surface area contributed by atoms with E-state index < -0.39 is 39.7 Å². The Kier molecular flexibility index (Phi) is 10.5. The molecule has 28 heavy (non-hydrogen) atoms. The first-order valence-corrected chi connectivity index (χ1v) is 20.4. The minimum atomic E-state index is -3.07. The van der Waals surface area contributed by atoms with Crippen molar-refractivity contribution < 1.29 is 22.2 Å². The van der Waals surface area contributed by atoms with Crippen LogP contribution in [-0.2, 0) is 17.1 Å². The normalized spacial score (nSPS) is 13.9. The topological polar surface area (TPSA) is 65.0 Å². The van der Waals surface area contributed by atoms with E-state index in [9.17, 15) is 4.79 Å². The van der Waals surface area contributed by atoms with Gasteiger partial charge in [-0.05, 0) is 59.0 Å². The van der Waals surface area contributed by atoms with Gasteiger partial charge in [0.2, 0.25) is 25.0 Å². The monoisotopic (exact) mass is 458 g/mol. The zero-order valence-electron chi connectivity index (χ0n) is 18.6. The number of hydrogen-bond donors (Lipinski definition) is 1. The third-order valence-corrected chi connectivity index (χ3v) is 18.2. The number of aliphatic carboxylic acids is 1. The summed E-state index contributed by atoms with van der Waals surface area (Å²) >= 11 is 0. The zero-order chi connectivity index (χ0) is 22.2. The van der Waals surface area contributed by atoms with Crippen molar-refractivity contribution in [2.45, 2.75) is 65.1 Å². The Labute approximate surface area is 175 Å². The maximum absolute atomic E-state index is 11.0. The molecule has 0 amide bonds. The van der Waals surface area contributed by atoms with Crippen LogP contribution in [0.5, 0.6) is 0 Å². The van der Waals surface area contributed by atoms with Crippen molar-refractivity contribution >= 4 is 39.7 Å². The average Bonchev–Trinajstić information content (AvgIpc) is 2.57. The van der Waals surface area contributed by atoms with Gasteiger partial charge in [-0.1, -0.05) is 23.2 Å². The van der Waals surface area contributed by atoms with Crippen molar-refractivity contribution in [1.82, 2.24) is 0 Å². The molecule has 9 heteroatoms. The minimum absolute atomic E-state index is 0.345. The van der Waals surface area contributed by atoms with Gasteiger partial charge in [-0.25, -0.2) is 4.79 Å². The predicted molar refractivity (Wildman–Crippen MR) is 127 cm³/mol. The molecule has 160 valence electrons. The number of hydrogen-bond acceptors (Lipinski definition) is 4. The SMILES string of the molecule is C=C[Si](C)(C)O[Si](CCCC=C(C)C(=O)O)(O[Si](C)(C)C=C)O[Si](C)(C)C=C. The van der Waals surface area contributed by atoms with E-state index >= 15 is 0 Å². The van der Waals surface area contributed by atoms with Crippen molar-refractivity contribution in [2.75, 3.05) is 0 Å². The summed E-state index contributed by atoms with van der Waals surface area (Å²) < 4.78 is 20.0. The van der Waals surface area contributed by atoms with Gasteiger partial charge >= 0.3 is 14.8 Å². The highest BCUT2D eigenvalue weighted by Crippen LogP contribution is 2.31. The highest BCUT2D eigenvalue weighted by Gasteiger charge is 2.50.